The minimum Gasteiger partial charge on any atom is -0.496 e. The molecule has 6 heterocycles. The lowest BCUT2D eigenvalue weighted by Crippen LogP contribution is -2.49. The summed E-state index contributed by atoms with van der Waals surface area (Å²) in [6.07, 6.45) is -0.559. The molecular formula is C58H63Cl2FN6O10S. The number of hydrogen-bond acceptors (Lipinski definition) is 17. The molecule has 4 aromatic carbocycles. The number of likely N-dealkylation sites (N-methyl/N-ethyl adjacent to an activating group) is 1. The number of para-hydroxylation sites is 1. The van der Waals surface area contributed by atoms with Gasteiger partial charge in [0.15, 0.2) is 11.6 Å². The van der Waals surface area contributed by atoms with Crippen LogP contribution in [0.25, 0.3) is 43.2 Å². The van der Waals surface area contributed by atoms with Crippen LogP contribution in [-0.2, 0) is 32.0 Å². The molecule has 1 fully saturated rings. The zero-order valence-electron chi connectivity index (χ0n) is 45.0. The lowest BCUT2D eigenvalue weighted by atomic mass is 9.92. The Morgan fingerprint density at radius 2 is 1.59 bits per heavy atom. The second kappa shape index (κ2) is 25.2. The Balaban J connectivity index is 1.17. The molecule has 0 spiro atoms. The first-order valence-electron chi connectivity index (χ1n) is 25.7. The number of rotatable bonds is 16. The first-order valence-corrected chi connectivity index (χ1v) is 27.2. The summed E-state index contributed by atoms with van der Waals surface area (Å²) in [5, 5.41) is 1.09. The van der Waals surface area contributed by atoms with E-state index in [4.69, 9.17) is 85.8 Å². The van der Waals surface area contributed by atoms with Crippen molar-refractivity contribution in [3.63, 3.8) is 0 Å². The van der Waals surface area contributed by atoms with Crippen LogP contribution in [0.5, 0.6) is 34.8 Å². The van der Waals surface area contributed by atoms with Gasteiger partial charge in [-0.1, -0.05) is 47.5 Å². The number of esters is 1. The number of methoxy groups -OCH3 is 2. The first-order chi connectivity index (χ1) is 37.6. The van der Waals surface area contributed by atoms with E-state index in [1.165, 1.54) is 29.8 Å². The first kappa shape index (κ1) is 56.3. The van der Waals surface area contributed by atoms with E-state index in [1.54, 1.807) is 65.3 Å². The SMILES string of the molecule is COCCOCCOc1cc(COc2ccc3cc2C[C@H](C(=O)OC(C)(C)C)Oc2ncnc4sc(-c5ccc(F)cc5)c(c24)-c2c(C)c(Cl)c(c(Cl)c2C)O[C@H](CN2CCN(C)CC2)CO3)nc(-c2ccccc2OC)n1. The average molecular weight is 1130 g/mol. The van der Waals surface area contributed by atoms with Crippen molar-refractivity contribution < 1.29 is 51.8 Å². The van der Waals surface area contributed by atoms with Crippen molar-refractivity contribution in [1.82, 2.24) is 29.7 Å². The highest BCUT2D eigenvalue weighted by Gasteiger charge is 2.34. The topological polar surface area (TPSA) is 158 Å². The third-order valence-corrected chi connectivity index (χ3v) is 15.2. The van der Waals surface area contributed by atoms with Gasteiger partial charge in [0.25, 0.3) is 0 Å². The summed E-state index contributed by atoms with van der Waals surface area (Å²) >= 11 is 16.2. The fourth-order valence-electron chi connectivity index (χ4n) is 9.25. The largest absolute Gasteiger partial charge is 0.496 e. The molecule has 7 aromatic rings. The van der Waals surface area contributed by atoms with Gasteiger partial charge in [-0.2, -0.15) is 4.98 Å². The molecule has 0 radical (unpaired) electrons. The average Bonchev–Trinajstić information content (AvgIpc) is 3.81. The monoisotopic (exact) mass is 1120 g/mol. The van der Waals surface area contributed by atoms with Crippen LogP contribution >= 0.6 is 34.5 Å². The molecule has 412 valence electrons. The van der Waals surface area contributed by atoms with Crippen molar-refractivity contribution in [2.24, 2.45) is 0 Å². The highest BCUT2D eigenvalue weighted by molar-refractivity contribution is 7.22. The highest BCUT2D eigenvalue weighted by atomic mass is 35.5. The van der Waals surface area contributed by atoms with Crippen LogP contribution in [-0.4, -0.2) is 141 Å². The van der Waals surface area contributed by atoms with E-state index in [0.717, 1.165) is 31.1 Å². The number of carbonyl (C=O) groups excluding carboxylic acids is 1. The van der Waals surface area contributed by atoms with Crippen LogP contribution in [0.4, 0.5) is 4.39 Å². The van der Waals surface area contributed by atoms with E-state index in [9.17, 15) is 9.18 Å². The van der Waals surface area contributed by atoms with Crippen molar-refractivity contribution in [2.75, 3.05) is 87.0 Å². The fraction of sp³-hybridized carbons (Fsp3) is 0.397. The number of nitrogens with zero attached hydrogens (tertiary/aromatic N) is 6. The van der Waals surface area contributed by atoms with Gasteiger partial charge in [-0.05, 0) is 106 Å². The number of piperazine rings is 1. The Morgan fingerprint density at radius 1 is 0.846 bits per heavy atom. The van der Waals surface area contributed by atoms with Crippen molar-refractivity contribution in [1.29, 1.82) is 0 Å². The minimum atomic E-state index is -1.31. The molecule has 0 aliphatic carbocycles. The zero-order valence-corrected chi connectivity index (χ0v) is 47.3. The second-order valence-corrected chi connectivity index (χ2v) is 21.7. The molecule has 10 rings (SSSR count). The quantitative estimate of drug-likeness (QED) is 0.0664. The van der Waals surface area contributed by atoms with E-state index < -0.39 is 29.6 Å². The summed E-state index contributed by atoms with van der Waals surface area (Å²) < 4.78 is 70.5. The lowest BCUT2D eigenvalue weighted by Gasteiger charge is -2.35. The molecule has 0 amide bonds. The second-order valence-electron chi connectivity index (χ2n) is 20.0. The van der Waals surface area contributed by atoms with E-state index >= 15 is 0 Å². The van der Waals surface area contributed by atoms with Gasteiger partial charge in [0, 0.05) is 68.3 Å². The molecule has 4 bridgehead atoms. The summed E-state index contributed by atoms with van der Waals surface area (Å²) in [5.41, 5.74) is 4.11. The normalized spacial score (nSPS) is 16.2. The predicted octanol–water partition coefficient (Wildman–Crippen LogP) is 10.9. The third kappa shape index (κ3) is 13.4. The highest BCUT2D eigenvalue weighted by Crippen LogP contribution is 2.53. The molecule has 16 nitrogen and oxygen atoms in total. The van der Waals surface area contributed by atoms with Crippen molar-refractivity contribution >= 4 is 50.7 Å². The van der Waals surface area contributed by atoms with E-state index in [2.05, 4.69) is 16.8 Å². The number of halogens is 3. The Labute approximate surface area is 467 Å². The maximum atomic E-state index is 14.7. The van der Waals surface area contributed by atoms with Gasteiger partial charge in [0.2, 0.25) is 17.9 Å². The number of fused-ring (bicyclic) bond motifs is 7. The number of ether oxygens (including phenoxy) is 9. The summed E-state index contributed by atoms with van der Waals surface area (Å²) in [6.45, 7) is 14.6. The minimum absolute atomic E-state index is 0.0497. The molecule has 2 atom stereocenters. The third-order valence-electron chi connectivity index (χ3n) is 13.1. The van der Waals surface area contributed by atoms with Crippen LogP contribution in [0.1, 0.15) is 43.2 Å². The van der Waals surface area contributed by atoms with Crippen LogP contribution in [0.15, 0.2) is 79.1 Å². The molecular weight excluding hydrogens is 1060 g/mol. The zero-order chi connectivity index (χ0) is 55.1. The Kier molecular flexibility index (Phi) is 18.2. The number of benzene rings is 4. The van der Waals surface area contributed by atoms with Crippen LogP contribution in [0.2, 0.25) is 10.0 Å². The number of carbonyl (C=O) groups is 1. The Morgan fingerprint density at radius 3 is 2.32 bits per heavy atom. The fourth-order valence-corrected chi connectivity index (χ4v) is 10.9. The summed E-state index contributed by atoms with van der Waals surface area (Å²) in [4.78, 5) is 39.7. The van der Waals surface area contributed by atoms with Gasteiger partial charge in [0.05, 0.1) is 53.6 Å². The van der Waals surface area contributed by atoms with Gasteiger partial charge in [-0.15, -0.1) is 11.3 Å². The van der Waals surface area contributed by atoms with Gasteiger partial charge >= 0.3 is 5.97 Å². The standard InChI is InChI=1S/C58H63Cl2FN6O10S/c1-34-47-35(2)51(60)52(50(34)59)75-41(30-67-21-19-66(6)20-22-67)32-73-40-17-18-43(74-31-39-29-46(72-26-25-71-24-23-69-7)65-54(64-39)42-11-9-10-12-44(42)70-8)37(27-40)28-45(57(68)77-58(3,4)5)76-55-49-48(47)53(78-56(49)63-33-62-55)36-13-15-38(61)16-14-36/h9-18,27,29,33,41,45H,19-26,28,30-32H2,1-8H3/t41-,45-/m1/s1. The molecule has 3 aliphatic rings. The van der Waals surface area contributed by atoms with Crippen molar-refractivity contribution in [2.45, 2.75) is 65.5 Å². The summed E-state index contributed by atoms with van der Waals surface area (Å²) in [6, 6.07) is 20.8. The predicted molar refractivity (Wildman–Crippen MR) is 299 cm³/mol. The lowest BCUT2D eigenvalue weighted by molar-refractivity contribution is -0.163. The van der Waals surface area contributed by atoms with E-state index in [-0.39, 0.29) is 32.1 Å². The molecule has 78 heavy (non-hydrogen) atoms. The molecule has 3 aliphatic heterocycles. The van der Waals surface area contributed by atoms with Gasteiger partial charge < -0.3 is 47.5 Å². The maximum absolute atomic E-state index is 14.7. The summed E-state index contributed by atoms with van der Waals surface area (Å²) in [7, 11) is 5.31. The smallest absolute Gasteiger partial charge is 0.348 e. The van der Waals surface area contributed by atoms with Crippen LogP contribution in [0, 0.1) is 19.7 Å². The molecule has 0 saturated carbocycles. The molecule has 20 heteroatoms. The van der Waals surface area contributed by atoms with Crippen molar-refractivity contribution in [3.05, 3.63) is 117 Å². The molecule has 3 aromatic heterocycles. The maximum Gasteiger partial charge on any atom is 0.348 e. The Bertz CT molecular complexity index is 3220. The van der Waals surface area contributed by atoms with Crippen molar-refractivity contribution in [3.8, 4) is 67.7 Å². The summed E-state index contributed by atoms with van der Waals surface area (Å²) in [5.74, 6) is 1.46. The van der Waals surface area contributed by atoms with E-state index in [0.29, 0.717) is 126 Å². The number of thiophene rings is 1. The van der Waals surface area contributed by atoms with Crippen LogP contribution in [0.3, 0.4) is 0 Å². The number of hydrogen-bond donors (Lipinski definition) is 0. The van der Waals surface area contributed by atoms with Gasteiger partial charge in [-0.3, -0.25) is 4.90 Å². The van der Waals surface area contributed by atoms with Gasteiger partial charge in [0.1, 0.15) is 65.7 Å². The number of aromatic nitrogens is 4. The van der Waals surface area contributed by atoms with E-state index in [1.807, 2.05) is 44.2 Å². The van der Waals surface area contributed by atoms with Crippen LogP contribution < -0.4 is 28.4 Å². The Hall–Kier alpha value is -6.38. The molecule has 0 N–H and O–H groups in total. The molecule has 1 saturated heterocycles. The molecule has 0 unspecified atom stereocenters. The van der Waals surface area contributed by atoms with Gasteiger partial charge in [-0.25, -0.2) is 24.1 Å².